The second kappa shape index (κ2) is 4.76. The average Bonchev–Trinajstić information content (AvgIpc) is 2.88. The number of esters is 1. The van der Waals surface area contributed by atoms with E-state index in [1.54, 1.807) is 18.2 Å². The highest BCUT2D eigenvalue weighted by molar-refractivity contribution is 5.91. The molecule has 0 aliphatic carbocycles. The Kier molecular flexibility index (Phi) is 2.95. The first-order chi connectivity index (χ1) is 9.22. The first-order valence-corrected chi connectivity index (χ1v) is 6.27. The molecule has 0 N–H and O–H groups in total. The van der Waals surface area contributed by atoms with E-state index in [4.69, 9.17) is 9.47 Å². The van der Waals surface area contributed by atoms with Gasteiger partial charge in [-0.2, -0.15) is 0 Å². The number of aryl methyl sites for hydroxylation is 1. The fraction of sp³-hybridized carbons (Fsp3) is 0.188. The summed E-state index contributed by atoms with van der Waals surface area (Å²) in [6.07, 6.45) is 0.848. The van der Waals surface area contributed by atoms with E-state index in [1.807, 2.05) is 31.2 Å². The van der Waals surface area contributed by atoms with Gasteiger partial charge in [-0.25, -0.2) is 4.79 Å². The van der Waals surface area contributed by atoms with Crippen LogP contribution >= 0.6 is 0 Å². The quantitative estimate of drug-likeness (QED) is 0.610. The fourth-order valence-corrected chi connectivity index (χ4v) is 2.09. The van der Waals surface area contributed by atoms with Gasteiger partial charge in [0.25, 0.3) is 0 Å². The molecule has 19 heavy (non-hydrogen) atoms. The lowest BCUT2D eigenvalue weighted by atomic mass is 10.1. The molecular formula is C16H14O3. The summed E-state index contributed by atoms with van der Waals surface area (Å²) in [5.74, 6) is 1.10. The number of hydrogen-bond donors (Lipinski definition) is 0. The van der Waals surface area contributed by atoms with Crippen molar-refractivity contribution in [1.82, 2.24) is 0 Å². The average molecular weight is 254 g/mol. The lowest BCUT2D eigenvalue weighted by Crippen LogP contribution is -2.08. The summed E-state index contributed by atoms with van der Waals surface area (Å²) in [7, 11) is 0. The van der Waals surface area contributed by atoms with Gasteiger partial charge < -0.3 is 9.47 Å². The van der Waals surface area contributed by atoms with E-state index >= 15 is 0 Å². The molecule has 2 aromatic carbocycles. The minimum atomic E-state index is -0.335. The SMILES string of the molecule is Cc1ccc(OC(=O)c2ccc3c(c2)CCO3)cc1. The molecule has 0 spiro atoms. The monoisotopic (exact) mass is 254 g/mol. The van der Waals surface area contributed by atoms with Crippen LogP contribution in [0.5, 0.6) is 11.5 Å². The molecule has 0 atom stereocenters. The predicted octanol–water partition coefficient (Wildman–Crippen LogP) is 3.15. The van der Waals surface area contributed by atoms with E-state index in [9.17, 15) is 4.79 Å². The van der Waals surface area contributed by atoms with Crippen molar-refractivity contribution in [2.75, 3.05) is 6.61 Å². The second-order valence-corrected chi connectivity index (χ2v) is 4.62. The summed E-state index contributed by atoms with van der Waals surface area (Å²) in [4.78, 5) is 12.0. The van der Waals surface area contributed by atoms with Crippen molar-refractivity contribution in [2.24, 2.45) is 0 Å². The lowest BCUT2D eigenvalue weighted by molar-refractivity contribution is 0.0734. The maximum atomic E-state index is 12.0. The van der Waals surface area contributed by atoms with Crippen LogP contribution in [0.1, 0.15) is 21.5 Å². The van der Waals surface area contributed by atoms with Crippen LogP contribution in [-0.2, 0) is 6.42 Å². The van der Waals surface area contributed by atoms with Crippen molar-refractivity contribution in [3.05, 3.63) is 59.2 Å². The van der Waals surface area contributed by atoms with E-state index in [-0.39, 0.29) is 5.97 Å². The molecule has 0 bridgehead atoms. The van der Waals surface area contributed by atoms with Gasteiger partial charge in [-0.15, -0.1) is 0 Å². The summed E-state index contributed by atoms with van der Waals surface area (Å²) in [5, 5.41) is 0. The largest absolute Gasteiger partial charge is 0.493 e. The Bertz CT molecular complexity index is 614. The van der Waals surface area contributed by atoms with Crippen LogP contribution < -0.4 is 9.47 Å². The first kappa shape index (κ1) is 11.8. The highest BCUT2D eigenvalue weighted by Crippen LogP contribution is 2.26. The van der Waals surface area contributed by atoms with Gasteiger partial charge in [0.05, 0.1) is 12.2 Å². The molecule has 0 aromatic heterocycles. The van der Waals surface area contributed by atoms with E-state index in [0.717, 1.165) is 23.3 Å². The topological polar surface area (TPSA) is 35.5 Å². The van der Waals surface area contributed by atoms with Crippen molar-refractivity contribution < 1.29 is 14.3 Å². The Morgan fingerprint density at radius 3 is 2.74 bits per heavy atom. The summed E-state index contributed by atoms with van der Waals surface area (Å²) >= 11 is 0. The molecule has 0 fully saturated rings. The van der Waals surface area contributed by atoms with Crippen molar-refractivity contribution in [1.29, 1.82) is 0 Å². The number of carbonyl (C=O) groups is 1. The standard InChI is InChI=1S/C16H14O3/c1-11-2-5-14(6-3-11)19-16(17)13-4-7-15-12(10-13)8-9-18-15/h2-7,10H,8-9H2,1H3. The maximum absolute atomic E-state index is 12.0. The predicted molar refractivity (Wildman–Crippen MR) is 71.8 cm³/mol. The molecule has 2 aromatic rings. The Labute approximate surface area is 111 Å². The third-order valence-corrected chi connectivity index (χ3v) is 3.16. The number of hydrogen-bond acceptors (Lipinski definition) is 3. The Morgan fingerprint density at radius 1 is 1.16 bits per heavy atom. The summed E-state index contributed by atoms with van der Waals surface area (Å²) in [6, 6.07) is 12.8. The minimum absolute atomic E-state index is 0.335. The van der Waals surface area contributed by atoms with Gasteiger partial charge in [0.2, 0.25) is 0 Å². The molecule has 1 aliphatic heterocycles. The highest BCUT2D eigenvalue weighted by Gasteiger charge is 2.16. The molecule has 0 amide bonds. The molecule has 1 aliphatic rings. The Hall–Kier alpha value is -2.29. The maximum Gasteiger partial charge on any atom is 0.343 e. The van der Waals surface area contributed by atoms with Crippen molar-refractivity contribution in [3.63, 3.8) is 0 Å². The normalized spacial score (nSPS) is 12.7. The van der Waals surface area contributed by atoms with Crippen molar-refractivity contribution in [2.45, 2.75) is 13.3 Å². The molecule has 3 heteroatoms. The minimum Gasteiger partial charge on any atom is -0.493 e. The molecule has 3 nitrogen and oxygen atoms in total. The van der Waals surface area contributed by atoms with Gasteiger partial charge in [-0.1, -0.05) is 17.7 Å². The molecule has 0 radical (unpaired) electrons. The summed E-state index contributed by atoms with van der Waals surface area (Å²) in [5.41, 5.74) is 2.76. The van der Waals surface area contributed by atoms with Gasteiger partial charge >= 0.3 is 5.97 Å². The van der Waals surface area contributed by atoms with Crippen LogP contribution in [0.15, 0.2) is 42.5 Å². The number of benzene rings is 2. The van der Waals surface area contributed by atoms with Gasteiger partial charge in [-0.05, 0) is 42.8 Å². The van der Waals surface area contributed by atoms with Gasteiger partial charge in [-0.3, -0.25) is 0 Å². The molecule has 3 rings (SSSR count). The molecule has 96 valence electrons. The summed E-state index contributed by atoms with van der Waals surface area (Å²) in [6.45, 7) is 2.68. The highest BCUT2D eigenvalue weighted by atomic mass is 16.5. The zero-order valence-corrected chi connectivity index (χ0v) is 10.7. The van der Waals surface area contributed by atoms with E-state index in [0.29, 0.717) is 17.9 Å². The zero-order chi connectivity index (χ0) is 13.2. The van der Waals surface area contributed by atoms with Gasteiger partial charge in [0, 0.05) is 6.42 Å². The molecule has 1 heterocycles. The van der Waals surface area contributed by atoms with Crippen LogP contribution in [0.3, 0.4) is 0 Å². The fourth-order valence-electron chi connectivity index (χ4n) is 2.09. The number of fused-ring (bicyclic) bond motifs is 1. The van der Waals surface area contributed by atoms with Crippen LogP contribution in [0.25, 0.3) is 0 Å². The summed E-state index contributed by atoms with van der Waals surface area (Å²) < 4.78 is 10.7. The molecule has 0 saturated heterocycles. The third kappa shape index (κ3) is 2.45. The van der Waals surface area contributed by atoms with Crippen molar-refractivity contribution in [3.8, 4) is 11.5 Å². The van der Waals surface area contributed by atoms with Crippen LogP contribution in [-0.4, -0.2) is 12.6 Å². The van der Waals surface area contributed by atoms with Crippen LogP contribution in [0.4, 0.5) is 0 Å². The number of carbonyl (C=O) groups excluding carboxylic acids is 1. The first-order valence-electron chi connectivity index (χ1n) is 6.27. The van der Waals surface area contributed by atoms with Gasteiger partial charge in [0.1, 0.15) is 11.5 Å². The molecule has 0 saturated carbocycles. The van der Waals surface area contributed by atoms with Crippen LogP contribution in [0, 0.1) is 6.92 Å². The molecular weight excluding hydrogens is 240 g/mol. The third-order valence-electron chi connectivity index (χ3n) is 3.16. The molecule has 0 unspecified atom stereocenters. The number of ether oxygens (including phenoxy) is 2. The van der Waals surface area contributed by atoms with E-state index < -0.39 is 0 Å². The Morgan fingerprint density at radius 2 is 1.95 bits per heavy atom. The lowest BCUT2D eigenvalue weighted by Gasteiger charge is -2.06. The smallest absolute Gasteiger partial charge is 0.343 e. The van der Waals surface area contributed by atoms with Crippen molar-refractivity contribution >= 4 is 5.97 Å². The van der Waals surface area contributed by atoms with Crippen LogP contribution in [0.2, 0.25) is 0 Å². The number of rotatable bonds is 2. The Balaban J connectivity index is 1.78. The zero-order valence-electron chi connectivity index (χ0n) is 10.7. The van der Waals surface area contributed by atoms with Gasteiger partial charge in [0.15, 0.2) is 0 Å². The van der Waals surface area contributed by atoms with E-state index in [2.05, 4.69) is 0 Å². The second-order valence-electron chi connectivity index (χ2n) is 4.62. The van der Waals surface area contributed by atoms with E-state index in [1.165, 1.54) is 0 Å².